The Balaban J connectivity index is 3.49. The molecule has 0 amide bonds. The third-order valence-corrected chi connectivity index (χ3v) is 7.51. The molecule has 21 heavy (non-hydrogen) atoms. The van der Waals surface area contributed by atoms with Crippen molar-refractivity contribution in [2.75, 3.05) is 13.4 Å². The van der Waals surface area contributed by atoms with Crippen molar-refractivity contribution < 1.29 is 21.6 Å². The molecule has 0 aliphatic carbocycles. The van der Waals surface area contributed by atoms with E-state index in [0.29, 0.717) is 5.56 Å². The average Bonchev–Trinajstić information content (AvgIpc) is 2.35. The van der Waals surface area contributed by atoms with E-state index in [1.165, 1.54) is 32.4 Å². The van der Waals surface area contributed by atoms with Crippen LogP contribution in [-0.4, -0.2) is 34.6 Å². The fourth-order valence-corrected chi connectivity index (χ4v) is 5.00. The van der Waals surface area contributed by atoms with Crippen LogP contribution in [0.25, 0.3) is 0 Å². The van der Waals surface area contributed by atoms with Crippen LogP contribution in [-0.2, 0) is 35.5 Å². The lowest BCUT2D eigenvalue weighted by atomic mass is 10.2. The average molecular weight is 370 g/mol. The first-order valence-corrected chi connectivity index (χ1v) is 10.3. The Morgan fingerprint density at radius 2 is 1.90 bits per heavy atom. The van der Waals surface area contributed by atoms with E-state index in [4.69, 9.17) is 22.1 Å². The maximum atomic E-state index is 12.3. The van der Waals surface area contributed by atoms with Crippen LogP contribution in [0.3, 0.4) is 0 Å². The van der Waals surface area contributed by atoms with Gasteiger partial charge in [0.25, 0.3) is 10.0 Å². The van der Waals surface area contributed by atoms with Gasteiger partial charge in [0.15, 0.2) is 0 Å². The molecule has 7 nitrogen and oxygen atoms in total. The van der Waals surface area contributed by atoms with Crippen molar-refractivity contribution in [1.29, 1.82) is 0 Å². The molecule has 11 heteroatoms. The highest BCUT2D eigenvalue weighted by Gasteiger charge is 2.20. The Kier molecular flexibility index (Phi) is 5.61. The Morgan fingerprint density at radius 3 is 2.38 bits per heavy atom. The Hall–Kier alpha value is -0.880. The first-order valence-electron chi connectivity index (χ1n) is 5.34. The lowest BCUT2D eigenvalue weighted by molar-refractivity contribution is 0.426. The minimum Gasteiger partial charge on any atom is -0.481 e. The zero-order valence-electron chi connectivity index (χ0n) is 11.4. The van der Waals surface area contributed by atoms with Crippen molar-refractivity contribution in [3.05, 3.63) is 23.8 Å². The number of methoxy groups -OCH3 is 1. The minimum atomic E-state index is -4.08. The summed E-state index contributed by atoms with van der Waals surface area (Å²) in [5, 5.41) is 5.00. The van der Waals surface area contributed by atoms with Crippen molar-refractivity contribution in [3.8, 4) is 0 Å². The van der Waals surface area contributed by atoms with Crippen molar-refractivity contribution in [2.24, 2.45) is 8.91 Å². The van der Waals surface area contributed by atoms with Crippen LogP contribution in [0.5, 0.6) is 0 Å². The van der Waals surface area contributed by atoms with Gasteiger partial charge in [0.2, 0.25) is 14.4 Å². The van der Waals surface area contributed by atoms with Crippen molar-refractivity contribution >= 4 is 47.3 Å². The lowest BCUT2D eigenvalue weighted by Crippen LogP contribution is -2.14. The Bertz CT molecular complexity index is 812. The molecule has 1 unspecified atom stereocenters. The van der Waals surface area contributed by atoms with Crippen LogP contribution in [0.15, 0.2) is 31.8 Å². The van der Waals surface area contributed by atoms with Gasteiger partial charge in [-0.05, 0) is 47.5 Å². The highest BCUT2D eigenvalue weighted by atomic mass is 32.3. The second kappa shape index (κ2) is 6.48. The number of rotatable bonds is 3. The van der Waals surface area contributed by atoms with Gasteiger partial charge in [0, 0.05) is 6.26 Å². The first-order chi connectivity index (χ1) is 9.49. The molecule has 1 atom stereocenters. The predicted octanol–water partition coefficient (Wildman–Crippen LogP) is 0.694. The van der Waals surface area contributed by atoms with Gasteiger partial charge < -0.3 is 4.74 Å². The molecule has 0 aromatic heterocycles. The van der Waals surface area contributed by atoms with Crippen LogP contribution >= 0.6 is 12.2 Å². The molecule has 0 aliphatic heterocycles. The summed E-state index contributed by atoms with van der Waals surface area (Å²) in [4.78, 5) is -0.528. The molecular formula is C10H14N2O5S4. The fourth-order valence-electron chi connectivity index (χ4n) is 1.37. The van der Waals surface area contributed by atoms with Crippen LogP contribution in [0.4, 0.5) is 0 Å². The van der Waals surface area contributed by atoms with E-state index in [-0.39, 0.29) is 14.2 Å². The second-order valence-corrected chi connectivity index (χ2v) is 9.46. The van der Waals surface area contributed by atoms with Gasteiger partial charge in [0.1, 0.15) is 0 Å². The minimum absolute atomic E-state index is 0.0406. The van der Waals surface area contributed by atoms with E-state index in [2.05, 4.69) is 3.77 Å². The summed E-state index contributed by atoms with van der Waals surface area (Å²) >= 11 is 4.83. The lowest BCUT2D eigenvalue weighted by Gasteiger charge is -2.07. The number of nitrogens with zero attached hydrogens (tertiary/aromatic N) is 1. The maximum absolute atomic E-state index is 12.3. The highest BCUT2D eigenvalue weighted by molar-refractivity contribution is 8.16. The van der Waals surface area contributed by atoms with Crippen molar-refractivity contribution in [1.82, 2.24) is 0 Å². The van der Waals surface area contributed by atoms with E-state index in [0.717, 1.165) is 6.07 Å². The molecule has 118 valence electrons. The number of aryl methyl sites for hydroxylation is 1. The molecule has 0 saturated heterocycles. The smallest absolute Gasteiger partial charge is 0.288 e. The topological polar surface area (TPSA) is 116 Å². The summed E-state index contributed by atoms with van der Waals surface area (Å²) < 4.78 is 55.6. The predicted molar refractivity (Wildman–Crippen MR) is 85.1 cm³/mol. The number of hydrogen-bond donors (Lipinski definition) is 1. The number of hydrogen-bond acceptors (Lipinski definition) is 6. The van der Waals surface area contributed by atoms with Crippen LogP contribution < -0.4 is 5.14 Å². The molecule has 0 radical (unpaired) electrons. The van der Waals surface area contributed by atoms with E-state index in [1.54, 1.807) is 0 Å². The van der Waals surface area contributed by atoms with Crippen LogP contribution in [0.1, 0.15) is 5.56 Å². The number of sulfonamides is 2. The molecule has 0 heterocycles. The number of benzene rings is 1. The van der Waals surface area contributed by atoms with Gasteiger partial charge in [-0.15, -0.1) is 3.77 Å². The molecule has 0 spiro atoms. The van der Waals surface area contributed by atoms with E-state index >= 15 is 0 Å². The number of primary sulfonamides is 1. The van der Waals surface area contributed by atoms with Crippen molar-refractivity contribution in [3.63, 3.8) is 0 Å². The maximum Gasteiger partial charge on any atom is 0.288 e. The fraction of sp³-hybridized carbons (Fsp3) is 0.300. The Morgan fingerprint density at radius 1 is 1.33 bits per heavy atom. The normalized spacial score (nSPS) is 13.9. The van der Waals surface area contributed by atoms with Gasteiger partial charge in [-0.1, -0.05) is 6.07 Å². The zero-order chi connectivity index (χ0) is 16.4. The number of thiocarbonyl (C=S) groups is 1. The summed E-state index contributed by atoms with van der Waals surface area (Å²) in [6.07, 6.45) is 1.49. The molecular weight excluding hydrogens is 356 g/mol. The molecule has 0 fully saturated rings. The molecule has 1 aromatic rings. The Labute approximate surface area is 131 Å². The standard InChI is InChI=1S/C10H14N2O5S4/c1-7-4-5-8(20(11,13)14)6-9(7)21(15,16)12-19(3)10(18)17-2/h4-6H,1-3H3,(H2,11,13,14). The molecule has 1 aromatic carbocycles. The summed E-state index contributed by atoms with van der Waals surface area (Å²) in [6.45, 7) is 1.53. The largest absolute Gasteiger partial charge is 0.481 e. The van der Waals surface area contributed by atoms with Crippen molar-refractivity contribution in [2.45, 2.75) is 16.7 Å². The molecule has 1 rings (SSSR count). The zero-order valence-corrected chi connectivity index (χ0v) is 14.7. The van der Waals surface area contributed by atoms with Gasteiger partial charge in [0.05, 0.1) is 16.9 Å². The molecule has 0 aliphatic rings. The van der Waals surface area contributed by atoms with Crippen LogP contribution in [0, 0.1) is 6.92 Å². The van der Waals surface area contributed by atoms with E-state index in [9.17, 15) is 16.8 Å². The van der Waals surface area contributed by atoms with Crippen LogP contribution in [0.2, 0.25) is 0 Å². The van der Waals surface area contributed by atoms with Gasteiger partial charge in [-0.25, -0.2) is 13.6 Å². The molecule has 2 N–H and O–H groups in total. The number of nitrogens with two attached hydrogens (primary N) is 1. The summed E-state index contributed by atoms with van der Waals surface area (Å²) in [5.41, 5.74) is 0.353. The third-order valence-electron chi connectivity index (χ3n) is 2.38. The monoisotopic (exact) mass is 370 g/mol. The SMILES string of the molecule is COC(=S)S(C)=NS(=O)(=O)c1cc(S(N)(=O)=O)ccc1C. The second-order valence-electron chi connectivity index (χ2n) is 3.95. The van der Waals surface area contributed by atoms with E-state index < -0.39 is 30.7 Å². The van der Waals surface area contributed by atoms with Gasteiger partial charge in [-0.3, -0.25) is 0 Å². The highest BCUT2D eigenvalue weighted by Crippen LogP contribution is 2.22. The van der Waals surface area contributed by atoms with Gasteiger partial charge >= 0.3 is 0 Å². The first kappa shape index (κ1) is 18.2. The van der Waals surface area contributed by atoms with E-state index in [1.807, 2.05) is 0 Å². The number of ether oxygens (including phenoxy) is 1. The summed E-state index contributed by atoms with van der Waals surface area (Å²) in [7, 11) is -7.92. The summed E-state index contributed by atoms with van der Waals surface area (Å²) in [6, 6.07) is 3.57. The third kappa shape index (κ3) is 4.54. The molecule has 0 saturated carbocycles. The van der Waals surface area contributed by atoms with Gasteiger partial charge in [-0.2, -0.15) is 8.42 Å². The molecule has 0 bridgehead atoms. The summed E-state index contributed by atoms with van der Waals surface area (Å²) in [5.74, 6) is 0. The quantitative estimate of drug-likeness (QED) is 0.783.